The number of rotatable bonds is 4. The first-order chi connectivity index (χ1) is 11.2. The average molecular weight is 346 g/mol. The van der Waals surface area contributed by atoms with Crippen LogP contribution in [0.2, 0.25) is 0 Å². The number of aromatic nitrogens is 1. The summed E-state index contributed by atoms with van der Waals surface area (Å²) in [6.45, 7) is -1.51. The monoisotopic (exact) mass is 346 g/mol. The molecule has 128 valence electrons. The van der Waals surface area contributed by atoms with Crippen molar-refractivity contribution >= 4 is 11.6 Å². The molecule has 0 aliphatic carbocycles. The van der Waals surface area contributed by atoms with Gasteiger partial charge in [0.2, 0.25) is 5.91 Å². The van der Waals surface area contributed by atoms with Crippen molar-refractivity contribution in [3.8, 4) is 0 Å². The van der Waals surface area contributed by atoms with Crippen molar-refractivity contribution in [2.45, 2.75) is 19.1 Å². The van der Waals surface area contributed by atoms with Crippen molar-refractivity contribution in [3.05, 3.63) is 64.1 Å². The Balaban J connectivity index is 2.16. The van der Waals surface area contributed by atoms with Gasteiger partial charge in [-0.15, -0.1) is 0 Å². The summed E-state index contributed by atoms with van der Waals surface area (Å²) < 4.78 is 64.0. The number of amides is 1. The van der Waals surface area contributed by atoms with Gasteiger partial charge in [0.25, 0.3) is 5.56 Å². The Hall–Kier alpha value is -2.71. The molecular formula is C15H11F5N2O2. The van der Waals surface area contributed by atoms with Gasteiger partial charge in [-0.3, -0.25) is 9.59 Å². The number of hydrogen-bond acceptors (Lipinski definition) is 2. The van der Waals surface area contributed by atoms with Crippen LogP contribution in [0, 0.1) is 11.6 Å². The second-order valence-electron chi connectivity index (χ2n) is 4.91. The maximum atomic E-state index is 13.5. The first-order valence-corrected chi connectivity index (χ1v) is 6.66. The lowest BCUT2D eigenvalue weighted by atomic mass is 10.1. The SMILES string of the molecule is O=C(Cc1cccc(F)c1F)Nc1cccn(CC(F)(F)F)c1=O. The molecule has 0 fully saturated rings. The van der Waals surface area contributed by atoms with Gasteiger partial charge in [0.15, 0.2) is 11.6 Å². The largest absolute Gasteiger partial charge is 0.406 e. The van der Waals surface area contributed by atoms with Crippen LogP contribution in [0.25, 0.3) is 0 Å². The Morgan fingerprint density at radius 1 is 1.12 bits per heavy atom. The van der Waals surface area contributed by atoms with Gasteiger partial charge in [0.05, 0.1) is 6.42 Å². The van der Waals surface area contributed by atoms with Crippen LogP contribution in [0.3, 0.4) is 0 Å². The number of benzene rings is 1. The molecule has 2 rings (SSSR count). The van der Waals surface area contributed by atoms with Gasteiger partial charge in [-0.1, -0.05) is 12.1 Å². The predicted molar refractivity (Wildman–Crippen MR) is 75.4 cm³/mol. The lowest BCUT2D eigenvalue weighted by Gasteiger charge is -2.11. The second kappa shape index (κ2) is 6.81. The third-order valence-corrected chi connectivity index (χ3v) is 3.03. The van der Waals surface area contributed by atoms with E-state index in [0.717, 1.165) is 24.4 Å². The molecule has 1 N–H and O–H groups in total. The van der Waals surface area contributed by atoms with Crippen LogP contribution >= 0.6 is 0 Å². The number of pyridine rings is 1. The van der Waals surface area contributed by atoms with Crippen molar-refractivity contribution in [3.63, 3.8) is 0 Å². The van der Waals surface area contributed by atoms with Gasteiger partial charge >= 0.3 is 6.18 Å². The van der Waals surface area contributed by atoms with E-state index >= 15 is 0 Å². The summed E-state index contributed by atoms with van der Waals surface area (Å²) in [6, 6.07) is 5.55. The van der Waals surface area contributed by atoms with Crippen molar-refractivity contribution in [1.82, 2.24) is 4.57 Å². The number of hydrogen-bond donors (Lipinski definition) is 1. The molecule has 0 saturated heterocycles. The topological polar surface area (TPSA) is 51.1 Å². The Labute approximate surface area is 132 Å². The Kier molecular flexibility index (Phi) is 5.01. The molecule has 0 bridgehead atoms. The maximum absolute atomic E-state index is 13.5. The standard InChI is InChI=1S/C15H11F5N2O2/c16-10-4-1-3-9(13(10)17)7-12(23)21-11-5-2-6-22(14(11)24)8-15(18,19)20/h1-6H,7-8H2,(H,21,23). The molecule has 0 spiro atoms. The number of nitrogens with one attached hydrogen (secondary N) is 1. The molecule has 24 heavy (non-hydrogen) atoms. The van der Waals surface area contributed by atoms with E-state index in [9.17, 15) is 31.5 Å². The molecule has 1 aromatic carbocycles. The zero-order chi connectivity index (χ0) is 17.9. The summed E-state index contributed by atoms with van der Waals surface area (Å²) in [4.78, 5) is 23.7. The Morgan fingerprint density at radius 2 is 1.83 bits per heavy atom. The van der Waals surface area contributed by atoms with Crippen LogP contribution < -0.4 is 10.9 Å². The van der Waals surface area contributed by atoms with Crippen molar-refractivity contribution in [2.75, 3.05) is 5.32 Å². The zero-order valence-corrected chi connectivity index (χ0v) is 12.0. The third kappa shape index (κ3) is 4.40. The van der Waals surface area contributed by atoms with Crippen LogP contribution in [-0.4, -0.2) is 16.7 Å². The lowest BCUT2D eigenvalue weighted by Crippen LogP contribution is -2.30. The summed E-state index contributed by atoms with van der Waals surface area (Å²) in [5.41, 5.74) is -1.68. The first-order valence-electron chi connectivity index (χ1n) is 6.66. The molecule has 9 heteroatoms. The molecule has 0 aliphatic rings. The number of halogens is 5. The van der Waals surface area contributed by atoms with Gasteiger partial charge in [0, 0.05) is 11.8 Å². The zero-order valence-electron chi connectivity index (χ0n) is 12.0. The van der Waals surface area contributed by atoms with E-state index in [-0.39, 0.29) is 11.3 Å². The van der Waals surface area contributed by atoms with Crippen molar-refractivity contribution < 1.29 is 26.7 Å². The van der Waals surface area contributed by atoms with Gasteiger partial charge in [-0.05, 0) is 18.2 Å². The molecule has 1 aromatic heterocycles. The first kappa shape index (κ1) is 17.6. The van der Waals surface area contributed by atoms with E-state index in [0.29, 0.717) is 4.57 Å². The third-order valence-electron chi connectivity index (χ3n) is 3.03. The highest BCUT2D eigenvalue weighted by Gasteiger charge is 2.28. The van der Waals surface area contributed by atoms with Crippen LogP contribution in [0.5, 0.6) is 0 Å². The minimum Gasteiger partial charge on any atom is -0.321 e. The molecule has 0 atom stereocenters. The molecule has 0 aliphatic heterocycles. The average Bonchev–Trinajstić information content (AvgIpc) is 2.47. The summed E-state index contributed by atoms with van der Waals surface area (Å²) in [5.74, 6) is -3.19. The van der Waals surface area contributed by atoms with Crippen molar-refractivity contribution in [1.29, 1.82) is 0 Å². The lowest BCUT2D eigenvalue weighted by molar-refractivity contribution is -0.141. The number of nitrogens with zero attached hydrogens (tertiary/aromatic N) is 1. The highest BCUT2D eigenvalue weighted by molar-refractivity contribution is 5.92. The summed E-state index contributed by atoms with van der Waals surface area (Å²) in [7, 11) is 0. The molecule has 4 nitrogen and oxygen atoms in total. The van der Waals surface area contributed by atoms with E-state index in [2.05, 4.69) is 5.32 Å². The number of carbonyl (C=O) groups excluding carboxylic acids is 1. The van der Waals surface area contributed by atoms with E-state index in [1.54, 1.807) is 0 Å². The van der Waals surface area contributed by atoms with Crippen LogP contribution in [0.1, 0.15) is 5.56 Å². The highest BCUT2D eigenvalue weighted by Crippen LogP contribution is 2.17. The molecule has 0 unspecified atom stereocenters. The minimum atomic E-state index is -4.60. The van der Waals surface area contributed by atoms with Gasteiger partial charge in [-0.2, -0.15) is 13.2 Å². The van der Waals surface area contributed by atoms with Gasteiger partial charge in [-0.25, -0.2) is 8.78 Å². The summed E-state index contributed by atoms with van der Waals surface area (Å²) in [5, 5.41) is 2.10. The number of alkyl halides is 3. The second-order valence-corrected chi connectivity index (χ2v) is 4.91. The Morgan fingerprint density at radius 3 is 2.50 bits per heavy atom. The minimum absolute atomic E-state index is 0.237. The highest BCUT2D eigenvalue weighted by atomic mass is 19.4. The van der Waals surface area contributed by atoms with Gasteiger partial charge < -0.3 is 9.88 Å². The van der Waals surface area contributed by atoms with E-state index < -0.39 is 42.2 Å². The molecule has 1 heterocycles. The predicted octanol–water partition coefficient (Wildman–Crippen LogP) is 2.87. The number of anilines is 1. The smallest absolute Gasteiger partial charge is 0.321 e. The van der Waals surface area contributed by atoms with Crippen LogP contribution in [0.4, 0.5) is 27.6 Å². The quantitative estimate of drug-likeness (QED) is 0.866. The fourth-order valence-corrected chi connectivity index (χ4v) is 2.00. The van der Waals surface area contributed by atoms with Crippen molar-refractivity contribution in [2.24, 2.45) is 0 Å². The molecule has 0 radical (unpaired) electrons. The summed E-state index contributed by atoms with van der Waals surface area (Å²) in [6.07, 6.45) is -4.24. The molecular weight excluding hydrogens is 335 g/mol. The normalized spacial score (nSPS) is 11.4. The summed E-state index contributed by atoms with van der Waals surface area (Å²) >= 11 is 0. The Bertz CT molecular complexity index is 814. The van der Waals surface area contributed by atoms with Crippen LogP contribution in [-0.2, 0) is 17.8 Å². The van der Waals surface area contributed by atoms with E-state index in [1.807, 2.05) is 0 Å². The fourth-order valence-electron chi connectivity index (χ4n) is 2.00. The molecule has 2 aromatic rings. The van der Waals surface area contributed by atoms with E-state index in [4.69, 9.17) is 0 Å². The van der Waals surface area contributed by atoms with Gasteiger partial charge in [0.1, 0.15) is 12.2 Å². The maximum Gasteiger partial charge on any atom is 0.406 e. The molecule has 0 saturated carbocycles. The molecule has 1 amide bonds. The number of carbonyl (C=O) groups is 1. The van der Waals surface area contributed by atoms with E-state index in [1.165, 1.54) is 12.1 Å². The fraction of sp³-hybridized carbons (Fsp3) is 0.200. The van der Waals surface area contributed by atoms with Crippen LogP contribution in [0.15, 0.2) is 41.3 Å².